The fourth-order valence-corrected chi connectivity index (χ4v) is 2.52. The van der Waals surface area contributed by atoms with Gasteiger partial charge in [-0.05, 0) is 55.6 Å². The van der Waals surface area contributed by atoms with Crippen molar-refractivity contribution in [1.82, 2.24) is 5.32 Å². The lowest BCUT2D eigenvalue weighted by molar-refractivity contribution is 0.580. The Labute approximate surface area is 94.4 Å². The van der Waals surface area contributed by atoms with Crippen LogP contribution in [0.15, 0.2) is 18.2 Å². The van der Waals surface area contributed by atoms with Crippen molar-refractivity contribution >= 4 is 23.2 Å². The topological polar surface area (TPSA) is 12.0 Å². The summed E-state index contributed by atoms with van der Waals surface area (Å²) in [6.45, 7) is 2.25. The van der Waals surface area contributed by atoms with Gasteiger partial charge in [0.1, 0.15) is 0 Å². The number of benzene rings is 1. The van der Waals surface area contributed by atoms with E-state index in [4.69, 9.17) is 23.2 Å². The van der Waals surface area contributed by atoms with Crippen molar-refractivity contribution in [2.45, 2.75) is 12.8 Å². The Morgan fingerprint density at radius 2 is 1.93 bits per heavy atom. The molecule has 1 aromatic carbocycles. The number of rotatable bonds is 2. The lowest BCUT2D eigenvalue weighted by Gasteiger charge is -2.08. The first-order valence-electron chi connectivity index (χ1n) is 4.90. The van der Waals surface area contributed by atoms with Gasteiger partial charge in [-0.15, -0.1) is 0 Å². The van der Waals surface area contributed by atoms with Crippen molar-refractivity contribution in [2.24, 2.45) is 5.92 Å². The third-order valence-electron chi connectivity index (χ3n) is 2.61. The lowest BCUT2D eigenvalue weighted by atomic mass is 9.99. The van der Waals surface area contributed by atoms with Gasteiger partial charge in [0.05, 0.1) is 0 Å². The zero-order valence-electron chi connectivity index (χ0n) is 7.89. The third-order valence-corrected chi connectivity index (χ3v) is 3.05. The van der Waals surface area contributed by atoms with E-state index in [2.05, 4.69) is 5.32 Å². The van der Waals surface area contributed by atoms with Gasteiger partial charge in [-0.3, -0.25) is 0 Å². The van der Waals surface area contributed by atoms with Crippen LogP contribution in [-0.2, 0) is 6.42 Å². The van der Waals surface area contributed by atoms with E-state index in [1.807, 2.05) is 12.1 Å². The first-order valence-corrected chi connectivity index (χ1v) is 5.65. The summed E-state index contributed by atoms with van der Waals surface area (Å²) < 4.78 is 0. The Kier molecular flexibility index (Phi) is 3.32. The van der Waals surface area contributed by atoms with Crippen LogP contribution >= 0.6 is 23.2 Å². The molecule has 14 heavy (non-hydrogen) atoms. The molecule has 0 aromatic heterocycles. The zero-order chi connectivity index (χ0) is 9.97. The van der Waals surface area contributed by atoms with Crippen LogP contribution in [0.1, 0.15) is 12.0 Å². The molecule has 2 rings (SSSR count). The van der Waals surface area contributed by atoms with Gasteiger partial charge >= 0.3 is 0 Å². The Balaban J connectivity index is 2.07. The standard InChI is InChI=1S/C11H13Cl2N/c12-10-4-9(5-11(13)6-10)3-8-1-2-14-7-8/h4-6,8,14H,1-3,7H2. The van der Waals surface area contributed by atoms with Crippen LogP contribution in [0.25, 0.3) is 0 Å². The zero-order valence-corrected chi connectivity index (χ0v) is 9.41. The first-order chi connectivity index (χ1) is 6.74. The van der Waals surface area contributed by atoms with Crippen LogP contribution in [0.4, 0.5) is 0 Å². The smallest absolute Gasteiger partial charge is 0.0423 e. The fraction of sp³-hybridized carbons (Fsp3) is 0.455. The Morgan fingerprint density at radius 3 is 2.50 bits per heavy atom. The van der Waals surface area contributed by atoms with E-state index < -0.39 is 0 Å². The molecule has 76 valence electrons. The molecule has 1 nitrogen and oxygen atoms in total. The fourth-order valence-electron chi connectivity index (χ4n) is 1.95. The summed E-state index contributed by atoms with van der Waals surface area (Å²) in [7, 11) is 0. The number of hydrogen-bond acceptors (Lipinski definition) is 1. The maximum absolute atomic E-state index is 5.94. The molecule has 1 aliphatic heterocycles. The van der Waals surface area contributed by atoms with Crippen LogP contribution in [0.3, 0.4) is 0 Å². The summed E-state index contributed by atoms with van der Waals surface area (Å²) in [5, 5.41) is 4.83. The first kappa shape index (κ1) is 10.3. The molecule has 0 aliphatic carbocycles. The molecule has 1 unspecified atom stereocenters. The van der Waals surface area contributed by atoms with Crippen molar-refractivity contribution < 1.29 is 0 Å². The molecule has 1 heterocycles. The highest BCUT2D eigenvalue weighted by Gasteiger charge is 2.15. The average molecular weight is 230 g/mol. The van der Waals surface area contributed by atoms with Crippen LogP contribution in [-0.4, -0.2) is 13.1 Å². The quantitative estimate of drug-likeness (QED) is 0.822. The molecule has 0 bridgehead atoms. The van der Waals surface area contributed by atoms with Crippen molar-refractivity contribution in [1.29, 1.82) is 0 Å². The Bertz CT molecular complexity index is 299. The van der Waals surface area contributed by atoms with Crippen LogP contribution in [0, 0.1) is 5.92 Å². The third kappa shape index (κ3) is 2.63. The van der Waals surface area contributed by atoms with E-state index in [0.717, 1.165) is 35.5 Å². The van der Waals surface area contributed by atoms with Crippen molar-refractivity contribution in [3.8, 4) is 0 Å². The molecular weight excluding hydrogens is 217 g/mol. The molecule has 1 aromatic rings. The molecule has 1 fully saturated rings. The number of halogens is 2. The predicted octanol–water partition coefficient (Wildman–Crippen LogP) is 3.15. The molecule has 0 radical (unpaired) electrons. The minimum Gasteiger partial charge on any atom is -0.316 e. The second kappa shape index (κ2) is 4.52. The van der Waals surface area contributed by atoms with E-state index in [1.165, 1.54) is 12.0 Å². The molecule has 1 saturated heterocycles. The molecule has 1 aliphatic rings. The predicted molar refractivity (Wildman–Crippen MR) is 61.1 cm³/mol. The van der Waals surface area contributed by atoms with E-state index in [1.54, 1.807) is 6.07 Å². The van der Waals surface area contributed by atoms with E-state index in [0.29, 0.717) is 0 Å². The second-order valence-electron chi connectivity index (χ2n) is 3.84. The van der Waals surface area contributed by atoms with Crippen molar-refractivity contribution in [2.75, 3.05) is 13.1 Å². The lowest BCUT2D eigenvalue weighted by Crippen LogP contribution is -2.10. The molecule has 0 saturated carbocycles. The number of hydrogen-bond donors (Lipinski definition) is 1. The summed E-state index contributed by atoms with van der Waals surface area (Å²) in [5.74, 6) is 0.740. The largest absolute Gasteiger partial charge is 0.316 e. The van der Waals surface area contributed by atoms with Crippen molar-refractivity contribution in [3.05, 3.63) is 33.8 Å². The van der Waals surface area contributed by atoms with Gasteiger partial charge in [0.2, 0.25) is 0 Å². The Hall–Kier alpha value is -0.240. The highest BCUT2D eigenvalue weighted by molar-refractivity contribution is 6.34. The minimum absolute atomic E-state index is 0.735. The van der Waals surface area contributed by atoms with Gasteiger partial charge in [-0.25, -0.2) is 0 Å². The van der Waals surface area contributed by atoms with Gasteiger partial charge in [0.25, 0.3) is 0 Å². The highest BCUT2D eigenvalue weighted by atomic mass is 35.5. The second-order valence-corrected chi connectivity index (χ2v) is 4.71. The van der Waals surface area contributed by atoms with E-state index in [9.17, 15) is 0 Å². The monoisotopic (exact) mass is 229 g/mol. The molecule has 1 atom stereocenters. The number of nitrogens with one attached hydrogen (secondary N) is 1. The molecule has 1 N–H and O–H groups in total. The summed E-state index contributed by atoms with van der Waals surface area (Å²) in [4.78, 5) is 0. The van der Waals surface area contributed by atoms with Crippen LogP contribution in [0.2, 0.25) is 10.0 Å². The maximum atomic E-state index is 5.94. The Morgan fingerprint density at radius 1 is 1.21 bits per heavy atom. The maximum Gasteiger partial charge on any atom is 0.0423 e. The summed E-state index contributed by atoms with van der Waals surface area (Å²) in [5.41, 5.74) is 1.25. The highest BCUT2D eigenvalue weighted by Crippen LogP contribution is 2.22. The average Bonchev–Trinajstić information content (AvgIpc) is 2.54. The van der Waals surface area contributed by atoms with Crippen LogP contribution < -0.4 is 5.32 Å². The van der Waals surface area contributed by atoms with Crippen LogP contribution in [0.5, 0.6) is 0 Å². The normalized spacial score (nSPS) is 21.4. The van der Waals surface area contributed by atoms with Gasteiger partial charge in [0.15, 0.2) is 0 Å². The SMILES string of the molecule is Clc1cc(Cl)cc(CC2CCNC2)c1. The minimum atomic E-state index is 0.735. The van der Waals surface area contributed by atoms with E-state index in [-0.39, 0.29) is 0 Å². The summed E-state index contributed by atoms with van der Waals surface area (Å²) in [6.07, 6.45) is 2.33. The van der Waals surface area contributed by atoms with Gasteiger partial charge < -0.3 is 5.32 Å². The molecule has 0 amide bonds. The van der Waals surface area contributed by atoms with Gasteiger partial charge in [-0.1, -0.05) is 23.2 Å². The van der Waals surface area contributed by atoms with Gasteiger partial charge in [-0.2, -0.15) is 0 Å². The summed E-state index contributed by atoms with van der Waals surface area (Å²) >= 11 is 11.9. The molecular formula is C11H13Cl2N. The molecule has 0 spiro atoms. The van der Waals surface area contributed by atoms with Gasteiger partial charge in [0, 0.05) is 10.0 Å². The van der Waals surface area contributed by atoms with Crippen molar-refractivity contribution in [3.63, 3.8) is 0 Å². The molecule has 3 heteroatoms. The summed E-state index contributed by atoms with van der Waals surface area (Å²) in [6, 6.07) is 5.79. The van der Waals surface area contributed by atoms with E-state index >= 15 is 0 Å².